The predicted octanol–water partition coefficient (Wildman–Crippen LogP) is 1.24. The van der Waals surface area contributed by atoms with E-state index in [2.05, 4.69) is 10.3 Å². The number of hydrogen-bond acceptors (Lipinski definition) is 3. The van der Waals surface area contributed by atoms with Gasteiger partial charge in [-0.05, 0) is 25.5 Å². The lowest BCUT2D eigenvalue weighted by Gasteiger charge is -2.19. The highest BCUT2D eigenvalue weighted by atomic mass is 16.1. The molecule has 88 valence electrons. The largest absolute Gasteiger partial charge is 0.349 e. The first kappa shape index (κ1) is 12.6. The lowest BCUT2D eigenvalue weighted by molar-refractivity contribution is -0.125. The molecule has 1 heterocycles. The Balaban J connectivity index is 2.58. The molecule has 0 spiro atoms. The quantitative estimate of drug-likeness (QED) is 0.803. The zero-order valence-electron chi connectivity index (χ0n) is 9.97. The Labute approximate surface area is 96.3 Å². The van der Waals surface area contributed by atoms with Crippen LogP contribution in [-0.4, -0.2) is 16.9 Å². The van der Waals surface area contributed by atoms with Gasteiger partial charge in [0.25, 0.3) is 0 Å². The molecule has 4 heteroatoms. The van der Waals surface area contributed by atoms with Crippen LogP contribution in [0.2, 0.25) is 0 Å². The summed E-state index contributed by atoms with van der Waals surface area (Å²) in [5.41, 5.74) is 6.67. The van der Waals surface area contributed by atoms with Crippen molar-refractivity contribution in [3.63, 3.8) is 0 Å². The molecule has 0 saturated heterocycles. The molecule has 0 aliphatic rings. The van der Waals surface area contributed by atoms with Crippen molar-refractivity contribution >= 4 is 5.91 Å². The zero-order chi connectivity index (χ0) is 12.1. The number of nitrogens with zero attached hydrogens (tertiary/aromatic N) is 1. The highest BCUT2D eigenvalue weighted by Crippen LogP contribution is 2.11. The van der Waals surface area contributed by atoms with Gasteiger partial charge in [0.05, 0.1) is 6.04 Å². The summed E-state index contributed by atoms with van der Waals surface area (Å²) in [5.74, 6) is -0.203. The second-order valence-electron chi connectivity index (χ2n) is 4.16. The Morgan fingerprint density at radius 2 is 2.12 bits per heavy atom. The van der Waals surface area contributed by atoms with E-state index in [9.17, 15) is 4.79 Å². The van der Waals surface area contributed by atoms with Gasteiger partial charge in [0.2, 0.25) is 5.91 Å². The average molecular weight is 221 g/mol. The molecule has 0 aliphatic heterocycles. The molecule has 0 fully saturated rings. The third kappa shape index (κ3) is 3.31. The van der Waals surface area contributed by atoms with Gasteiger partial charge in [-0.15, -0.1) is 0 Å². The Morgan fingerprint density at radius 1 is 1.44 bits per heavy atom. The van der Waals surface area contributed by atoms with E-state index in [1.54, 1.807) is 12.4 Å². The third-order valence-corrected chi connectivity index (χ3v) is 2.75. The SMILES string of the molecule is CC(NC(=O)C(C)C(C)N)c1cccnc1. The molecule has 3 atom stereocenters. The number of amides is 1. The van der Waals surface area contributed by atoms with E-state index < -0.39 is 0 Å². The summed E-state index contributed by atoms with van der Waals surface area (Å²) in [6.45, 7) is 5.60. The van der Waals surface area contributed by atoms with Gasteiger partial charge in [0.1, 0.15) is 0 Å². The Hall–Kier alpha value is -1.42. The van der Waals surface area contributed by atoms with Crippen molar-refractivity contribution in [1.29, 1.82) is 0 Å². The highest BCUT2D eigenvalue weighted by molar-refractivity contribution is 5.79. The van der Waals surface area contributed by atoms with Crippen LogP contribution in [0, 0.1) is 5.92 Å². The molecule has 0 radical (unpaired) electrons. The summed E-state index contributed by atoms with van der Waals surface area (Å²) in [5, 5.41) is 2.92. The zero-order valence-corrected chi connectivity index (χ0v) is 9.97. The molecule has 0 aromatic carbocycles. The first-order valence-corrected chi connectivity index (χ1v) is 5.48. The van der Waals surface area contributed by atoms with E-state index in [1.807, 2.05) is 32.9 Å². The first-order chi connectivity index (χ1) is 7.52. The van der Waals surface area contributed by atoms with Crippen LogP contribution in [-0.2, 0) is 4.79 Å². The van der Waals surface area contributed by atoms with Crippen molar-refractivity contribution in [2.75, 3.05) is 0 Å². The van der Waals surface area contributed by atoms with Crippen molar-refractivity contribution < 1.29 is 4.79 Å². The monoisotopic (exact) mass is 221 g/mol. The van der Waals surface area contributed by atoms with Crippen LogP contribution < -0.4 is 11.1 Å². The molecule has 16 heavy (non-hydrogen) atoms. The maximum absolute atomic E-state index is 11.8. The number of hydrogen-bond donors (Lipinski definition) is 2. The van der Waals surface area contributed by atoms with Crippen molar-refractivity contribution in [3.05, 3.63) is 30.1 Å². The molecule has 4 nitrogen and oxygen atoms in total. The van der Waals surface area contributed by atoms with Gasteiger partial charge in [0, 0.05) is 24.4 Å². The van der Waals surface area contributed by atoms with Crippen LogP contribution in [0.1, 0.15) is 32.4 Å². The minimum atomic E-state index is -0.181. The van der Waals surface area contributed by atoms with Crippen molar-refractivity contribution in [3.8, 4) is 0 Å². The molecule has 0 saturated carbocycles. The number of rotatable bonds is 4. The van der Waals surface area contributed by atoms with Gasteiger partial charge in [-0.2, -0.15) is 0 Å². The van der Waals surface area contributed by atoms with Crippen LogP contribution in [0.15, 0.2) is 24.5 Å². The van der Waals surface area contributed by atoms with Crippen LogP contribution in [0.4, 0.5) is 0 Å². The molecule has 0 aliphatic carbocycles. The van der Waals surface area contributed by atoms with Gasteiger partial charge < -0.3 is 11.1 Å². The van der Waals surface area contributed by atoms with Gasteiger partial charge in [-0.1, -0.05) is 13.0 Å². The Kier molecular flexibility index (Phi) is 4.43. The minimum absolute atomic E-state index is 0.0219. The van der Waals surface area contributed by atoms with E-state index in [0.717, 1.165) is 5.56 Å². The van der Waals surface area contributed by atoms with E-state index in [1.165, 1.54) is 0 Å². The predicted molar refractivity (Wildman–Crippen MR) is 63.6 cm³/mol. The van der Waals surface area contributed by atoms with Crippen molar-refractivity contribution in [2.45, 2.75) is 32.9 Å². The molecule has 1 aromatic heterocycles. The van der Waals surface area contributed by atoms with Gasteiger partial charge >= 0.3 is 0 Å². The maximum Gasteiger partial charge on any atom is 0.224 e. The fraction of sp³-hybridized carbons (Fsp3) is 0.500. The lowest BCUT2D eigenvalue weighted by Crippen LogP contribution is -2.39. The minimum Gasteiger partial charge on any atom is -0.349 e. The Morgan fingerprint density at radius 3 is 2.62 bits per heavy atom. The summed E-state index contributed by atoms with van der Waals surface area (Å²) in [4.78, 5) is 15.8. The molecule has 3 unspecified atom stereocenters. The molecular formula is C12H19N3O. The molecule has 1 rings (SSSR count). The fourth-order valence-corrected chi connectivity index (χ4v) is 1.30. The standard InChI is InChI=1S/C12H19N3O/c1-8(9(2)13)12(16)15-10(3)11-5-4-6-14-7-11/h4-10H,13H2,1-3H3,(H,15,16). The second-order valence-corrected chi connectivity index (χ2v) is 4.16. The molecular weight excluding hydrogens is 202 g/mol. The van der Waals surface area contributed by atoms with Crippen LogP contribution in [0.3, 0.4) is 0 Å². The first-order valence-electron chi connectivity index (χ1n) is 5.48. The number of nitrogens with two attached hydrogens (primary N) is 1. The number of carbonyl (C=O) groups excluding carboxylic acids is 1. The summed E-state index contributed by atoms with van der Waals surface area (Å²) >= 11 is 0. The number of pyridine rings is 1. The maximum atomic E-state index is 11.8. The third-order valence-electron chi connectivity index (χ3n) is 2.75. The van der Waals surface area contributed by atoms with Crippen LogP contribution >= 0.6 is 0 Å². The van der Waals surface area contributed by atoms with Crippen molar-refractivity contribution in [2.24, 2.45) is 11.7 Å². The van der Waals surface area contributed by atoms with E-state index in [-0.39, 0.29) is 23.9 Å². The highest BCUT2D eigenvalue weighted by Gasteiger charge is 2.19. The molecule has 3 N–H and O–H groups in total. The smallest absolute Gasteiger partial charge is 0.224 e. The van der Waals surface area contributed by atoms with E-state index in [0.29, 0.717) is 0 Å². The molecule has 1 aromatic rings. The average Bonchev–Trinajstić information content (AvgIpc) is 2.28. The Bertz CT molecular complexity index is 337. The summed E-state index contributed by atoms with van der Waals surface area (Å²) in [6.07, 6.45) is 3.46. The molecule has 1 amide bonds. The summed E-state index contributed by atoms with van der Waals surface area (Å²) in [6, 6.07) is 3.62. The van der Waals surface area contributed by atoms with Crippen LogP contribution in [0.25, 0.3) is 0 Å². The van der Waals surface area contributed by atoms with Gasteiger partial charge in [-0.25, -0.2) is 0 Å². The number of carbonyl (C=O) groups is 1. The number of aromatic nitrogens is 1. The van der Waals surface area contributed by atoms with E-state index in [4.69, 9.17) is 5.73 Å². The normalized spacial score (nSPS) is 16.2. The van der Waals surface area contributed by atoms with Crippen molar-refractivity contribution in [1.82, 2.24) is 10.3 Å². The van der Waals surface area contributed by atoms with Gasteiger partial charge in [0.15, 0.2) is 0 Å². The second kappa shape index (κ2) is 5.61. The molecule has 0 bridgehead atoms. The summed E-state index contributed by atoms with van der Waals surface area (Å²) < 4.78 is 0. The van der Waals surface area contributed by atoms with Gasteiger partial charge in [-0.3, -0.25) is 9.78 Å². The number of nitrogens with one attached hydrogen (secondary N) is 1. The fourth-order valence-electron chi connectivity index (χ4n) is 1.30. The van der Waals surface area contributed by atoms with Crippen LogP contribution in [0.5, 0.6) is 0 Å². The van der Waals surface area contributed by atoms with E-state index >= 15 is 0 Å². The lowest BCUT2D eigenvalue weighted by atomic mass is 10.0. The topological polar surface area (TPSA) is 68.0 Å². The summed E-state index contributed by atoms with van der Waals surface area (Å²) in [7, 11) is 0.